The minimum atomic E-state index is -0.544. The van der Waals surface area contributed by atoms with Crippen molar-refractivity contribution in [1.29, 1.82) is 0 Å². The quantitative estimate of drug-likeness (QED) is 0.476. The summed E-state index contributed by atoms with van der Waals surface area (Å²) in [6, 6.07) is 6.69. The third kappa shape index (κ3) is 3.57. The van der Waals surface area contributed by atoms with Gasteiger partial charge < -0.3 is 9.47 Å². The summed E-state index contributed by atoms with van der Waals surface area (Å²) >= 11 is 0. The van der Waals surface area contributed by atoms with Crippen LogP contribution in [0.25, 0.3) is 5.57 Å². The molecule has 100 valence electrons. The zero-order valence-electron chi connectivity index (χ0n) is 11.4. The lowest BCUT2D eigenvalue weighted by Crippen LogP contribution is -2.10. The highest BCUT2D eigenvalue weighted by molar-refractivity contribution is 6.18. The molecule has 0 aliphatic heterocycles. The van der Waals surface area contributed by atoms with Gasteiger partial charge in [0.1, 0.15) is 5.57 Å². The molecule has 19 heavy (non-hydrogen) atoms. The van der Waals surface area contributed by atoms with Crippen LogP contribution in [0.1, 0.15) is 29.8 Å². The average Bonchev–Trinajstić information content (AvgIpc) is 2.43. The van der Waals surface area contributed by atoms with E-state index in [1.807, 2.05) is 13.8 Å². The van der Waals surface area contributed by atoms with Gasteiger partial charge in [0, 0.05) is 5.56 Å². The number of hydrogen-bond donors (Lipinski definition) is 0. The number of methoxy groups -OCH3 is 2. The maximum Gasteiger partial charge on any atom is 0.346 e. The first-order chi connectivity index (χ1) is 9.01. The lowest BCUT2D eigenvalue weighted by Gasteiger charge is -2.08. The van der Waals surface area contributed by atoms with E-state index in [0.29, 0.717) is 11.1 Å². The van der Waals surface area contributed by atoms with Crippen molar-refractivity contribution in [3.63, 3.8) is 0 Å². The van der Waals surface area contributed by atoms with E-state index >= 15 is 0 Å². The molecule has 4 nitrogen and oxygen atoms in total. The maximum absolute atomic E-state index is 11.8. The highest BCUT2D eigenvalue weighted by Crippen LogP contribution is 2.21. The second-order valence-electron chi connectivity index (χ2n) is 4.03. The van der Waals surface area contributed by atoms with E-state index in [2.05, 4.69) is 5.73 Å². The molecule has 0 aliphatic carbocycles. The van der Waals surface area contributed by atoms with Crippen molar-refractivity contribution >= 4 is 17.5 Å². The summed E-state index contributed by atoms with van der Waals surface area (Å²) in [5.41, 5.74) is 4.69. The Morgan fingerprint density at radius 1 is 1.00 bits per heavy atom. The van der Waals surface area contributed by atoms with Crippen LogP contribution in [-0.2, 0) is 14.3 Å². The molecule has 0 radical (unpaired) electrons. The van der Waals surface area contributed by atoms with Crippen molar-refractivity contribution in [2.24, 2.45) is 0 Å². The molecule has 0 heterocycles. The number of ether oxygens (including phenoxy) is 2. The molecule has 0 amide bonds. The molecule has 0 aromatic heterocycles. The van der Waals surface area contributed by atoms with Crippen molar-refractivity contribution in [3.05, 3.63) is 46.7 Å². The molecule has 0 N–H and O–H groups in total. The van der Waals surface area contributed by atoms with Gasteiger partial charge in [-0.2, -0.15) is 0 Å². The van der Waals surface area contributed by atoms with Crippen LogP contribution in [0.5, 0.6) is 0 Å². The van der Waals surface area contributed by atoms with Gasteiger partial charge >= 0.3 is 11.9 Å². The van der Waals surface area contributed by atoms with Gasteiger partial charge in [-0.15, -0.1) is 5.73 Å². The van der Waals surface area contributed by atoms with Gasteiger partial charge in [-0.1, -0.05) is 18.2 Å². The fourth-order valence-corrected chi connectivity index (χ4v) is 1.57. The van der Waals surface area contributed by atoms with E-state index in [9.17, 15) is 9.59 Å². The summed E-state index contributed by atoms with van der Waals surface area (Å²) in [5, 5.41) is 0. The zero-order valence-corrected chi connectivity index (χ0v) is 11.4. The van der Waals surface area contributed by atoms with Crippen molar-refractivity contribution in [2.45, 2.75) is 13.8 Å². The van der Waals surface area contributed by atoms with Crippen molar-refractivity contribution in [2.75, 3.05) is 14.2 Å². The Morgan fingerprint density at radius 3 is 2.05 bits per heavy atom. The van der Waals surface area contributed by atoms with Gasteiger partial charge in [-0.3, -0.25) is 0 Å². The summed E-state index contributed by atoms with van der Waals surface area (Å²) in [4.78, 5) is 23.5. The zero-order chi connectivity index (χ0) is 14.4. The van der Waals surface area contributed by atoms with Crippen LogP contribution in [0.4, 0.5) is 0 Å². The molecule has 0 unspecified atom stereocenters. The van der Waals surface area contributed by atoms with E-state index in [4.69, 9.17) is 9.47 Å². The fraction of sp³-hybridized carbons (Fsp3) is 0.267. The Kier molecular flexibility index (Phi) is 5.10. The lowest BCUT2D eigenvalue weighted by atomic mass is 9.99. The fourth-order valence-electron chi connectivity index (χ4n) is 1.57. The number of hydrogen-bond acceptors (Lipinski definition) is 4. The lowest BCUT2D eigenvalue weighted by molar-refractivity contribution is -0.133. The van der Waals surface area contributed by atoms with Crippen molar-refractivity contribution in [3.8, 4) is 0 Å². The molecule has 0 saturated heterocycles. The molecule has 0 aliphatic rings. The van der Waals surface area contributed by atoms with E-state index in [0.717, 1.165) is 5.57 Å². The Balaban J connectivity index is 3.53. The largest absolute Gasteiger partial charge is 0.465 e. The monoisotopic (exact) mass is 260 g/mol. The second kappa shape index (κ2) is 6.57. The molecule has 1 aromatic rings. The van der Waals surface area contributed by atoms with Gasteiger partial charge in [0.05, 0.1) is 19.8 Å². The van der Waals surface area contributed by atoms with Gasteiger partial charge in [0.15, 0.2) is 0 Å². The Hall–Kier alpha value is -2.32. The van der Waals surface area contributed by atoms with E-state index < -0.39 is 11.9 Å². The summed E-state index contributed by atoms with van der Waals surface area (Å²) in [5.74, 6) is -1.05. The molecular weight excluding hydrogens is 244 g/mol. The normalized spacial score (nSPS) is 9.26. The SMILES string of the molecule is COC(=O)C(=C=C(C)C)c1ccccc1C(=O)OC. The molecule has 1 aromatic carbocycles. The molecule has 0 saturated carbocycles. The van der Waals surface area contributed by atoms with Crippen molar-refractivity contribution < 1.29 is 19.1 Å². The first kappa shape index (κ1) is 14.7. The Morgan fingerprint density at radius 2 is 1.58 bits per heavy atom. The molecule has 0 atom stereocenters. The van der Waals surface area contributed by atoms with E-state index in [-0.39, 0.29) is 5.57 Å². The Bertz CT molecular complexity index is 559. The first-order valence-corrected chi connectivity index (χ1v) is 5.71. The number of carbonyl (C=O) groups excluding carboxylic acids is 2. The average molecular weight is 260 g/mol. The van der Waals surface area contributed by atoms with Gasteiger partial charge in [-0.25, -0.2) is 9.59 Å². The highest BCUT2D eigenvalue weighted by Gasteiger charge is 2.19. The number of esters is 2. The molecular formula is C15H16O4. The molecule has 0 fully saturated rings. The standard InChI is InChI=1S/C15H16O4/c1-10(2)9-13(15(17)19-4)11-7-5-6-8-12(11)14(16)18-3/h5-8H,1-4H3. The predicted octanol–water partition coefficient (Wildman–Crippen LogP) is 2.59. The van der Waals surface area contributed by atoms with E-state index in [1.165, 1.54) is 14.2 Å². The summed E-state index contributed by atoms with van der Waals surface area (Å²) in [6.07, 6.45) is 0. The third-order valence-corrected chi connectivity index (χ3v) is 2.37. The van der Waals surface area contributed by atoms with Crippen molar-refractivity contribution in [1.82, 2.24) is 0 Å². The van der Waals surface area contributed by atoms with Gasteiger partial charge in [-0.05, 0) is 25.5 Å². The van der Waals surface area contributed by atoms with Crippen LogP contribution >= 0.6 is 0 Å². The van der Waals surface area contributed by atoms with Crippen LogP contribution < -0.4 is 0 Å². The van der Waals surface area contributed by atoms with Crippen LogP contribution in [0.15, 0.2) is 35.6 Å². The molecule has 0 bridgehead atoms. The number of carbonyl (C=O) groups is 2. The first-order valence-electron chi connectivity index (χ1n) is 5.71. The number of benzene rings is 1. The Labute approximate surface area is 112 Å². The van der Waals surface area contributed by atoms with Gasteiger partial charge in [0.25, 0.3) is 0 Å². The molecule has 4 heteroatoms. The number of rotatable bonds is 3. The predicted molar refractivity (Wildman–Crippen MR) is 71.6 cm³/mol. The van der Waals surface area contributed by atoms with Crippen LogP contribution in [0, 0.1) is 0 Å². The summed E-state index contributed by atoms with van der Waals surface area (Å²) in [7, 11) is 2.58. The van der Waals surface area contributed by atoms with Gasteiger partial charge in [0.2, 0.25) is 0 Å². The van der Waals surface area contributed by atoms with Crippen LogP contribution in [0.3, 0.4) is 0 Å². The third-order valence-electron chi connectivity index (χ3n) is 2.37. The highest BCUT2D eigenvalue weighted by atomic mass is 16.5. The summed E-state index contributed by atoms with van der Waals surface area (Å²) in [6.45, 7) is 3.62. The maximum atomic E-state index is 11.8. The minimum absolute atomic E-state index is 0.212. The van der Waals surface area contributed by atoms with Crippen LogP contribution in [-0.4, -0.2) is 26.2 Å². The van der Waals surface area contributed by atoms with E-state index in [1.54, 1.807) is 24.3 Å². The van der Waals surface area contributed by atoms with Crippen LogP contribution in [0.2, 0.25) is 0 Å². The second-order valence-corrected chi connectivity index (χ2v) is 4.03. The minimum Gasteiger partial charge on any atom is -0.465 e. The topological polar surface area (TPSA) is 52.6 Å². The molecule has 0 spiro atoms. The summed E-state index contributed by atoms with van der Waals surface area (Å²) < 4.78 is 9.44. The molecule has 1 rings (SSSR count). The smallest absolute Gasteiger partial charge is 0.346 e.